The SMILES string of the molecule is CS(C)(=O)=Nc1cc(F)c(COc2nc3[nH]c(O[C@@H]4CO[C@H]5C4OC[C@H]5O)nc3cc2Cl)c(F)c1. The van der Waals surface area contributed by atoms with E-state index in [1.54, 1.807) is 0 Å². The van der Waals surface area contributed by atoms with Gasteiger partial charge in [0.15, 0.2) is 11.8 Å². The fourth-order valence-electron chi connectivity index (χ4n) is 3.90. The Hall–Kier alpha value is -2.58. The van der Waals surface area contributed by atoms with Gasteiger partial charge in [0.1, 0.15) is 47.1 Å². The molecule has 188 valence electrons. The predicted octanol–water partition coefficient (Wildman–Crippen LogP) is 2.73. The van der Waals surface area contributed by atoms with Gasteiger partial charge in [-0.3, -0.25) is 4.98 Å². The molecule has 0 radical (unpaired) electrons. The van der Waals surface area contributed by atoms with Gasteiger partial charge >= 0.3 is 0 Å². The molecule has 2 aliphatic rings. The molecule has 2 fully saturated rings. The molecular weight excluding hydrogens is 510 g/mol. The molecule has 14 heteroatoms. The van der Waals surface area contributed by atoms with Gasteiger partial charge in [0.2, 0.25) is 5.88 Å². The lowest BCUT2D eigenvalue weighted by Crippen LogP contribution is -2.34. The summed E-state index contributed by atoms with van der Waals surface area (Å²) < 4.78 is 66.9. The third-order valence-electron chi connectivity index (χ3n) is 5.42. The topological polar surface area (TPSA) is 128 Å². The Morgan fingerprint density at radius 1 is 1.20 bits per heavy atom. The Balaban J connectivity index is 1.32. The van der Waals surface area contributed by atoms with Gasteiger partial charge in [-0.1, -0.05) is 11.6 Å². The summed E-state index contributed by atoms with van der Waals surface area (Å²) in [5, 5.41) is 9.93. The number of rotatable bonds is 6. The number of nitrogens with one attached hydrogen (secondary N) is 1. The summed E-state index contributed by atoms with van der Waals surface area (Å²) in [6.45, 7) is -0.101. The molecule has 0 amide bonds. The van der Waals surface area contributed by atoms with E-state index in [-0.39, 0.29) is 47.0 Å². The first kappa shape index (κ1) is 24.1. The summed E-state index contributed by atoms with van der Waals surface area (Å²) in [5.41, 5.74) is 0.228. The quantitative estimate of drug-likeness (QED) is 0.498. The van der Waals surface area contributed by atoms with Crippen LogP contribution in [0.3, 0.4) is 0 Å². The van der Waals surface area contributed by atoms with Crippen LogP contribution >= 0.6 is 11.6 Å². The van der Waals surface area contributed by atoms with Crippen molar-refractivity contribution in [3.05, 3.63) is 40.4 Å². The summed E-state index contributed by atoms with van der Waals surface area (Å²) in [6, 6.07) is 3.57. The highest BCUT2D eigenvalue weighted by Gasteiger charge is 2.48. The normalized spacial score (nSPS) is 24.1. The minimum Gasteiger partial charge on any atom is -0.471 e. The second-order valence-corrected chi connectivity index (χ2v) is 11.4. The highest BCUT2D eigenvalue weighted by Crippen LogP contribution is 2.32. The van der Waals surface area contributed by atoms with Crippen LogP contribution in [0.4, 0.5) is 14.5 Å². The Morgan fingerprint density at radius 3 is 2.63 bits per heavy atom. The molecular formula is C21H21ClF2N4O6S. The molecule has 0 saturated carbocycles. The second-order valence-electron chi connectivity index (χ2n) is 8.45. The van der Waals surface area contributed by atoms with Gasteiger partial charge in [0, 0.05) is 34.4 Å². The van der Waals surface area contributed by atoms with E-state index in [4.69, 9.17) is 30.5 Å². The number of nitrogens with zero attached hydrogens (tertiary/aromatic N) is 3. The summed E-state index contributed by atoms with van der Waals surface area (Å²) >= 11 is 6.23. The van der Waals surface area contributed by atoms with Crippen LogP contribution in [0.15, 0.2) is 22.6 Å². The maximum Gasteiger partial charge on any atom is 0.296 e. The largest absolute Gasteiger partial charge is 0.471 e. The molecule has 1 unspecified atom stereocenters. The van der Waals surface area contributed by atoms with E-state index in [1.807, 2.05) is 0 Å². The molecule has 2 aromatic heterocycles. The van der Waals surface area contributed by atoms with Crippen molar-refractivity contribution in [2.24, 2.45) is 4.36 Å². The van der Waals surface area contributed by atoms with E-state index < -0.39 is 52.4 Å². The van der Waals surface area contributed by atoms with Crippen LogP contribution in [0, 0.1) is 11.6 Å². The van der Waals surface area contributed by atoms with E-state index >= 15 is 0 Å². The fourth-order valence-corrected chi connectivity index (χ4v) is 4.71. The lowest BCUT2D eigenvalue weighted by molar-refractivity contribution is 0.00706. The fraction of sp³-hybridized carbons (Fsp3) is 0.429. The van der Waals surface area contributed by atoms with Crippen LogP contribution in [-0.4, -0.2) is 74.4 Å². The smallest absolute Gasteiger partial charge is 0.296 e. The lowest BCUT2D eigenvalue weighted by atomic mass is 10.1. The molecule has 5 rings (SSSR count). The van der Waals surface area contributed by atoms with Crippen molar-refractivity contribution in [3.8, 4) is 11.9 Å². The zero-order valence-electron chi connectivity index (χ0n) is 18.5. The molecule has 4 heterocycles. The zero-order valence-corrected chi connectivity index (χ0v) is 20.1. The minimum absolute atomic E-state index is 0.0708. The number of benzene rings is 1. The maximum absolute atomic E-state index is 14.5. The highest BCUT2D eigenvalue weighted by atomic mass is 35.5. The van der Waals surface area contributed by atoms with Crippen molar-refractivity contribution in [1.29, 1.82) is 0 Å². The van der Waals surface area contributed by atoms with Crippen LogP contribution in [0.1, 0.15) is 5.56 Å². The number of fused-ring (bicyclic) bond motifs is 2. The first-order valence-electron chi connectivity index (χ1n) is 10.5. The van der Waals surface area contributed by atoms with Gasteiger partial charge in [-0.05, 0) is 6.07 Å². The summed E-state index contributed by atoms with van der Waals surface area (Å²) in [6.07, 6.45) is 0.677. The molecule has 2 N–H and O–H groups in total. The van der Waals surface area contributed by atoms with Gasteiger partial charge in [-0.15, -0.1) is 0 Å². The molecule has 4 atom stereocenters. The van der Waals surface area contributed by atoms with Crippen LogP contribution in [0.2, 0.25) is 5.02 Å². The second kappa shape index (κ2) is 9.13. The number of aromatic nitrogens is 3. The predicted molar refractivity (Wildman–Crippen MR) is 122 cm³/mol. The number of imidazole rings is 1. The number of H-pyrrole nitrogens is 1. The average molecular weight is 531 g/mol. The molecule has 35 heavy (non-hydrogen) atoms. The molecule has 0 aliphatic carbocycles. The number of halogens is 3. The number of hydrogen-bond acceptors (Lipinski definition) is 9. The summed E-state index contributed by atoms with van der Waals surface area (Å²) in [4.78, 5) is 11.4. The lowest BCUT2D eigenvalue weighted by Gasteiger charge is -2.15. The van der Waals surface area contributed by atoms with E-state index in [1.165, 1.54) is 18.6 Å². The van der Waals surface area contributed by atoms with Crippen LogP contribution < -0.4 is 9.47 Å². The highest BCUT2D eigenvalue weighted by molar-refractivity contribution is 7.92. The summed E-state index contributed by atoms with van der Waals surface area (Å²) in [5.74, 6) is -1.88. The molecule has 3 aromatic rings. The van der Waals surface area contributed by atoms with E-state index in [2.05, 4.69) is 19.3 Å². The Morgan fingerprint density at radius 2 is 1.91 bits per heavy atom. The first-order valence-corrected chi connectivity index (χ1v) is 13.2. The zero-order chi connectivity index (χ0) is 24.9. The van der Waals surface area contributed by atoms with Crippen molar-refractivity contribution >= 4 is 38.2 Å². The number of aromatic amines is 1. The van der Waals surface area contributed by atoms with Gasteiger partial charge in [0.25, 0.3) is 6.01 Å². The van der Waals surface area contributed by atoms with Crippen molar-refractivity contribution < 1.29 is 37.0 Å². The van der Waals surface area contributed by atoms with Crippen molar-refractivity contribution in [2.45, 2.75) is 31.0 Å². The number of aliphatic hydroxyl groups is 1. The average Bonchev–Trinajstić information content (AvgIpc) is 3.43. The standard InChI is InChI=1S/C21H21ClF2N4O6S/c1-35(2,30)28-9-3-12(23)10(13(24)4-9)6-33-20-11(22)5-14-19(26-20)27-21(25-14)34-16-8-32-17-15(29)7-31-18(16)17/h3-5,15-18,29H,6-8H2,1-2H3,(H,25,26,27)/t15-,16-,17-,18?/m1/s1. The van der Waals surface area contributed by atoms with Crippen molar-refractivity contribution in [3.63, 3.8) is 0 Å². The van der Waals surface area contributed by atoms with E-state index in [0.717, 1.165) is 12.1 Å². The number of hydrogen-bond donors (Lipinski definition) is 2. The Bertz CT molecular complexity index is 1380. The van der Waals surface area contributed by atoms with Crippen molar-refractivity contribution in [2.75, 3.05) is 25.7 Å². The van der Waals surface area contributed by atoms with Gasteiger partial charge in [-0.25, -0.2) is 13.0 Å². The van der Waals surface area contributed by atoms with E-state index in [0.29, 0.717) is 5.52 Å². The number of aliphatic hydroxyl groups excluding tert-OH is 1. The third-order valence-corrected chi connectivity index (χ3v) is 6.34. The van der Waals surface area contributed by atoms with Crippen LogP contribution in [0.25, 0.3) is 11.2 Å². The maximum atomic E-state index is 14.5. The Kier molecular flexibility index (Phi) is 6.30. The van der Waals surface area contributed by atoms with Gasteiger partial charge in [-0.2, -0.15) is 14.3 Å². The number of ether oxygens (including phenoxy) is 4. The number of pyridine rings is 1. The summed E-state index contributed by atoms with van der Waals surface area (Å²) in [7, 11) is -2.58. The monoisotopic (exact) mass is 530 g/mol. The minimum atomic E-state index is -2.58. The molecule has 0 bridgehead atoms. The molecule has 2 saturated heterocycles. The van der Waals surface area contributed by atoms with Crippen molar-refractivity contribution in [1.82, 2.24) is 15.0 Å². The van der Waals surface area contributed by atoms with Gasteiger partial charge in [0.05, 0.1) is 24.5 Å². The van der Waals surface area contributed by atoms with Crippen LogP contribution in [0.5, 0.6) is 11.9 Å². The van der Waals surface area contributed by atoms with Crippen LogP contribution in [-0.2, 0) is 25.8 Å². The Labute approximate surface area is 203 Å². The van der Waals surface area contributed by atoms with E-state index in [9.17, 15) is 18.1 Å². The molecule has 2 aliphatic heterocycles. The third kappa shape index (κ3) is 5.05. The molecule has 10 nitrogen and oxygen atoms in total. The molecule has 1 aromatic carbocycles. The molecule has 0 spiro atoms. The van der Waals surface area contributed by atoms with Gasteiger partial charge < -0.3 is 24.1 Å². The first-order chi connectivity index (χ1) is 16.6.